The molecule has 0 unspecified atom stereocenters. The summed E-state index contributed by atoms with van der Waals surface area (Å²) in [6.07, 6.45) is 1.58. The molecule has 4 nitrogen and oxygen atoms in total. The number of carbonyl (C=O) groups excluding carboxylic acids is 1. The number of hydrogen-bond donors (Lipinski definition) is 1. The van der Waals surface area contributed by atoms with Gasteiger partial charge in [-0.05, 0) is 37.1 Å². The number of para-hydroxylation sites is 1. The number of pyridine rings is 1. The van der Waals surface area contributed by atoms with Crippen molar-refractivity contribution in [3.8, 4) is 0 Å². The van der Waals surface area contributed by atoms with Crippen LogP contribution in [0.3, 0.4) is 0 Å². The molecule has 0 atom stereocenters. The molecule has 0 fully saturated rings. The number of aryl methyl sites for hydroxylation is 2. The molecular weight excluding hydrogens is 226 g/mol. The minimum atomic E-state index is -0.312. The highest BCUT2D eigenvalue weighted by atomic mass is 16.2. The lowest BCUT2D eigenvalue weighted by atomic mass is 10.1. The number of nitrogens with two attached hydrogens (primary N) is 1. The molecule has 0 bridgehead atoms. The maximum atomic E-state index is 12.2. The first-order valence-electron chi connectivity index (χ1n) is 5.67. The summed E-state index contributed by atoms with van der Waals surface area (Å²) >= 11 is 0. The Morgan fingerprint density at radius 2 is 1.78 bits per heavy atom. The van der Waals surface area contributed by atoms with E-state index in [2.05, 4.69) is 4.98 Å². The number of amides is 1. The van der Waals surface area contributed by atoms with Gasteiger partial charge in [-0.15, -0.1) is 0 Å². The molecule has 1 heterocycles. The maximum absolute atomic E-state index is 12.2. The van der Waals surface area contributed by atoms with Gasteiger partial charge < -0.3 is 0 Å². The van der Waals surface area contributed by atoms with Gasteiger partial charge in [0.1, 0.15) is 5.69 Å². The molecule has 0 saturated heterocycles. The van der Waals surface area contributed by atoms with Crippen molar-refractivity contribution in [1.82, 2.24) is 4.98 Å². The molecular formula is C14H15N3O. The number of benzene rings is 1. The summed E-state index contributed by atoms with van der Waals surface area (Å²) in [5.41, 5.74) is 2.99. The molecule has 18 heavy (non-hydrogen) atoms. The lowest BCUT2D eigenvalue weighted by molar-refractivity contribution is 0.0982. The molecule has 2 aromatic rings. The number of rotatable bonds is 2. The number of hydrogen-bond acceptors (Lipinski definition) is 3. The second-order valence-corrected chi connectivity index (χ2v) is 4.13. The number of anilines is 1. The normalized spacial score (nSPS) is 10.2. The van der Waals surface area contributed by atoms with E-state index in [0.717, 1.165) is 21.8 Å². The summed E-state index contributed by atoms with van der Waals surface area (Å²) in [6.45, 7) is 3.85. The Morgan fingerprint density at radius 3 is 2.33 bits per heavy atom. The third kappa shape index (κ3) is 2.24. The van der Waals surface area contributed by atoms with Crippen molar-refractivity contribution in [1.29, 1.82) is 0 Å². The summed E-state index contributed by atoms with van der Waals surface area (Å²) in [5.74, 6) is 5.60. The maximum Gasteiger partial charge on any atom is 0.291 e. The van der Waals surface area contributed by atoms with E-state index in [9.17, 15) is 4.79 Å². The lowest BCUT2D eigenvalue weighted by Gasteiger charge is -2.20. The van der Waals surface area contributed by atoms with Crippen LogP contribution >= 0.6 is 0 Å². The molecule has 0 aliphatic carbocycles. The van der Waals surface area contributed by atoms with Gasteiger partial charge in [0.2, 0.25) is 0 Å². The first kappa shape index (κ1) is 12.3. The third-order valence-corrected chi connectivity index (χ3v) is 2.78. The average molecular weight is 241 g/mol. The van der Waals surface area contributed by atoms with E-state index in [1.165, 1.54) is 0 Å². The number of aromatic nitrogens is 1. The van der Waals surface area contributed by atoms with Gasteiger partial charge in [-0.3, -0.25) is 9.78 Å². The van der Waals surface area contributed by atoms with E-state index in [-0.39, 0.29) is 5.91 Å². The van der Waals surface area contributed by atoms with Crippen LogP contribution in [0.15, 0.2) is 42.6 Å². The molecule has 4 heteroatoms. The van der Waals surface area contributed by atoms with Crippen LogP contribution in [0.4, 0.5) is 5.69 Å². The molecule has 0 aliphatic heterocycles. The number of carbonyl (C=O) groups is 1. The van der Waals surface area contributed by atoms with Crippen molar-refractivity contribution in [3.63, 3.8) is 0 Å². The Labute approximate surface area is 106 Å². The summed E-state index contributed by atoms with van der Waals surface area (Å²) in [7, 11) is 0. The van der Waals surface area contributed by atoms with Crippen LogP contribution in [-0.2, 0) is 0 Å². The van der Waals surface area contributed by atoms with Crippen LogP contribution in [0.1, 0.15) is 21.6 Å². The zero-order chi connectivity index (χ0) is 13.1. The van der Waals surface area contributed by atoms with Crippen molar-refractivity contribution in [2.75, 3.05) is 5.01 Å². The van der Waals surface area contributed by atoms with Crippen molar-refractivity contribution in [2.45, 2.75) is 13.8 Å². The topological polar surface area (TPSA) is 59.2 Å². The van der Waals surface area contributed by atoms with E-state index in [4.69, 9.17) is 5.84 Å². The SMILES string of the molecule is Cc1cccc(C)c1N(N)C(=O)c1ccccn1. The minimum Gasteiger partial charge on any atom is -0.265 e. The minimum absolute atomic E-state index is 0.312. The van der Waals surface area contributed by atoms with Gasteiger partial charge in [0.15, 0.2) is 0 Å². The monoisotopic (exact) mass is 241 g/mol. The van der Waals surface area contributed by atoms with Gasteiger partial charge in [0.05, 0.1) is 5.69 Å². The summed E-state index contributed by atoms with van der Waals surface area (Å²) in [5, 5.41) is 1.16. The van der Waals surface area contributed by atoms with Crippen molar-refractivity contribution in [2.24, 2.45) is 5.84 Å². The first-order valence-corrected chi connectivity index (χ1v) is 5.67. The smallest absolute Gasteiger partial charge is 0.265 e. The molecule has 92 valence electrons. The summed E-state index contributed by atoms with van der Waals surface area (Å²) in [6, 6.07) is 11.0. The predicted molar refractivity (Wildman–Crippen MR) is 71.1 cm³/mol. The van der Waals surface area contributed by atoms with Gasteiger partial charge in [-0.25, -0.2) is 10.9 Å². The highest BCUT2D eigenvalue weighted by Gasteiger charge is 2.18. The van der Waals surface area contributed by atoms with Crippen molar-refractivity contribution in [3.05, 3.63) is 59.4 Å². The first-order chi connectivity index (χ1) is 8.61. The zero-order valence-corrected chi connectivity index (χ0v) is 10.4. The highest BCUT2D eigenvalue weighted by Crippen LogP contribution is 2.23. The van der Waals surface area contributed by atoms with Gasteiger partial charge in [-0.1, -0.05) is 24.3 Å². The molecule has 2 rings (SSSR count). The second-order valence-electron chi connectivity index (χ2n) is 4.13. The van der Waals surface area contributed by atoms with E-state index >= 15 is 0 Å². The Bertz CT molecular complexity index is 546. The highest BCUT2D eigenvalue weighted by molar-refractivity contribution is 6.04. The van der Waals surface area contributed by atoms with E-state index < -0.39 is 0 Å². The Morgan fingerprint density at radius 1 is 1.11 bits per heavy atom. The molecule has 0 saturated carbocycles. The fraction of sp³-hybridized carbons (Fsp3) is 0.143. The van der Waals surface area contributed by atoms with Crippen molar-refractivity contribution >= 4 is 11.6 Å². The van der Waals surface area contributed by atoms with Crippen LogP contribution in [0, 0.1) is 13.8 Å². The van der Waals surface area contributed by atoms with Crippen molar-refractivity contribution < 1.29 is 4.79 Å². The van der Waals surface area contributed by atoms with Crippen LogP contribution in [-0.4, -0.2) is 10.9 Å². The van der Waals surface area contributed by atoms with Crippen LogP contribution in [0.25, 0.3) is 0 Å². The Kier molecular flexibility index (Phi) is 3.39. The summed E-state index contributed by atoms with van der Waals surface area (Å²) in [4.78, 5) is 16.2. The standard InChI is InChI=1S/C14H15N3O/c1-10-6-5-7-11(2)13(10)17(15)14(18)12-8-3-4-9-16-12/h3-9H,15H2,1-2H3. The molecule has 0 spiro atoms. The fourth-order valence-electron chi connectivity index (χ4n) is 1.90. The van der Waals surface area contributed by atoms with Gasteiger partial charge in [-0.2, -0.15) is 0 Å². The lowest BCUT2D eigenvalue weighted by Crippen LogP contribution is -2.39. The molecule has 1 amide bonds. The average Bonchev–Trinajstić information content (AvgIpc) is 2.38. The zero-order valence-electron chi connectivity index (χ0n) is 10.4. The predicted octanol–water partition coefficient (Wildman–Crippen LogP) is 2.22. The molecule has 2 N–H and O–H groups in total. The Balaban J connectivity index is 2.38. The fourth-order valence-corrected chi connectivity index (χ4v) is 1.90. The Hall–Kier alpha value is -2.20. The van der Waals surface area contributed by atoms with Crippen LogP contribution < -0.4 is 10.9 Å². The molecule has 0 radical (unpaired) electrons. The van der Waals surface area contributed by atoms with E-state index in [0.29, 0.717) is 5.69 Å². The van der Waals surface area contributed by atoms with E-state index in [1.807, 2.05) is 32.0 Å². The summed E-state index contributed by atoms with van der Waals surface area (Å²) < 4.78 is 0. The molecule has 1 aromatic carbocycles. The van der Waals surface area contributed by atoms with Gasteiger partial charge in [0.25, 0.3) is 5.91 Å². The van der Waals surface area contributed by atoms with Crippen LogP contribution in [0.2, 0.25) is 0 Å². The van der Waals surface area contributed by atoms with Gasteiger partial charge in [0, 0.05) is 6.20 Å². The third-order valence-electron chi connectivity index (χ3n) is 2.78. The number of nitrogens with zero attached hydrogens (tertiary/aromatic N) is 2. The van der Waals surface area contributed by atoms with E-state index in [1.54, 1.807) is 24.4 Å². The molecule has 0 aliphatic rings. The number of hydrazine groups is 1. The quantitative estimate of drug-likeness (QED) is 0.498. The van der Waals surface area contributed by atoms with Gasteiger partial charge >= 0.3 is 0 Å². The molecule has 1 aromatic heterocycles. The second kappa shape index (κ2) is 4.98. The van der Waals surface area contributed by atoms with Crippen LogP contribution in [0.5, 0.6) is 0 Å². The largest absolute Gasteiger partial charge is 0.291 e.